The average molecular weight is 293 g/mol. The van der Waals surface area contributed by atoms with Crippen molar-refractivity contribution in [3.8, 4) is 6.07 Å². The van der Waals surface area contributed by atoms with E-state index in [9.17, 15) is 21.2 Å². The van der Waals surface area contributed by atoms with Gasteiger partial charge in [-0.15, -0.1) is 0 Å². The lowest BCUT2D eigenvalue weighted by atomic mass is 10.3. The normalized spacial score (nSPS) is 11.8. The van der Waals surface area contributed by atoms with Gasteiger partial charge >= 0.3 is 0 Å². The molecule has 0 aliphatic rings. The molecule has 0 amide bonds. The lowest BCUT2D eigenvalue weighted by Crippen LogP contribution is -2.20. The summed E-state index contributed by atoms with van der Waals surface area (Å²) in [6, 6.07) is 3.69. The summed E-state index contributed by atoms with van der Waals surface area (Å²) in [5, 5.41) is 13.1. The van der Waals surface area contributed by atoms with Crippen LogP contribution >= 0.6 is 0 Å². The van der Waals surface area contributed by atoms with Crippen LogP contribution in [-0.4, -0.2) is 22.6 Å². The predicted octanol–water partition coefficient (Wildman–Crippen LogP) is -0.262. The van der Waals surface area contributed by atoms with Gasteiger partial charge in [-0.05, 0) is 18.2 Å². The van der Waals surface area contributed by atoms with Crippen LogP contribution in [0.25, 0.3) is 0 Å². The quantitative estimate of drug-likeness (QED) is 0.789. The zero-order valence-corrected chi connectivity index (χ0v) is 10.4. The Labute approximate surface area is 103 Å². The number of anilines is 1. The Morgan fingerprint density at radius 1 is 1.33 bits per heavy atom. The van der Waals surface area contributed by atoms with Crippen LogP contribution in [0.15, 0.2) is 23.1 Å². The lowest BCUT2D eigenvalue weighted by Gasteiger charge is -2.09. The second-order valence-corrected chi connectivity index (χ2v) is 6.46. The number of rotatable bonds is 4. The number of halogens is 1. The van der Waals surface area contributed by atoms with Gasteiger partial charge in [0, 0.05) is 0 Å². The number of benzene rings is 1. The third kappa shape index (κ3) is 3.66. The van der Waals surface area contributed by atoms with Crippen molar-refractivity contribution in [1.29, 1.82) is 5.26 Å². The van der Waals surface area contributed by atoms with Crippen molar-refractivity contribution in [3.05, 3.63) is 24.0 Å². The van der Waals surface area contributed by atoms with E-state index in [1.165, 1.54) is 6.07 Å². The molecule has 0 radical (unpaired) electrons. The van der Waals surface area contributed by atoms with E-state index in [1.807, 2.05) is 0 Å². The van der Waals surface area contributed by atoms with Gasteiger partial charge in [0.1, 0.15) is 10.7 Å². The summed E-state index contributed by atoms with van der Waals surface area (Å²) in [6.45, 7) is 0. The highest BCUT2D eigenvalue weighted by molar-refractivity contribution is 7.93. The van der Waals surface area contributed by atoms with Crippen molar-refractivity contribution in [2.45, 2.75) is 4.90 Å². The van der Waals surface area contributed by atoms with Gasteiger partial charge in [-0.2, -0.15) is 5.26 Å². The van der Waals surface area contributed by atoms with Crippen LogP contribution in [0.5, 0.6) is 0 Å². The number of hydrogen-bond donors (Lipinski definition) is 2. The highest BCUT2D eigenvalue weighted by Crippen LogP contribution is 2.22. The minimum absolute atomic E-state index is 0.534. The molecular formula is C8H8FN3O4S2. The number of nitrogens with two attached hydrogens (primary N) is 1. The van der Waals surface area contributed by atoms with Crippen LogP contribution in [0.3, 0.4) is 0 Å². The molecule has 0 unspecified atom stereocenters. The maximum absolute atomic E-state index is 13.0. The topological polar surface area (TPSA) is 130 Å². The number of sulfonamides is 2. The molecule has 3 N–H and O–H groups in total. The smallest absolute Gasteiger partial charge is 0.246 e. The van der Waals surface area contributed by atoms with Crippen molar-refractivity contribution < 1.29 is 21.2 Å². The van der Waals surface area contributed by atoms with Crippen LogP contribution in [0.4, 0.5) is 10.1 Å². The van der Waals surface area contributed by atoms with E-state index in [1.54, 1.807) is 4.72 Å². The van der Waals surface area contributed by atoms with Gasteiger partial charge in [-0.25, -0.2) is 26.4 Å². The van der Waals surface area contributed by atoms with Crippen molar-refractivity contribution in [2.75, 3.05) is 10.5 Å². The first-order valence-corrected chi connectivity index (χ1v) is 7.55. The zero-order chi connectivity index (χ0) is 14.0. The Morgan fingerprint density at radius 2 is 1.94 bits per heavy atom. The van der Waals surface area contributed by atoms with Gasteiger partial charge in [-0.1, -0.05) is 0 Å². The predicted molar refractivity (Wildman–Crippen MR) is 60.8 cm³/mol. The van der Waals surface area contributed by atoms with Crippen molar-refractivity contribution >= 4 is 25.7 Å². The minimum atomic E-state index is -4.21. The molecular weight excluding hydrogens is 285 g/mol. The van der Waals surface area contributed by atoms with Gasteiger partial charge in [0.25, 0.3) is 0 Å². The number of nitrogens with one attached hydrogen (secondary N) is 1. The molecule has 0 aliphatic carbocycles. The molecule has 7 nitrogen and oxygen atoms in total. The molecule has 0 fully saturated rings. The SMILES string of the molecule is N#CCS(=O)(=O)Nc1cc(F)ccc1S(N)(=O)=O. The van der Waals surface area contributed by atoms with E-state index in [4.69, 9.17) is 10.4 Å². The number of nitriles is 1. The fourth-order valence-electron chi connectivity index (χ4n) is 1.12. The van der Waals surface area contributed by atoms with Crippen molar-refractivity contribution in [3.63, 3.8) is 0 Å². The second-order valence-electron chi connectivity index (χ2n) is 3.20. The van der Waals surface area contributed by atoms with E-state index in [0.29, 0.717) is 6.07 Å². The summed E-state index contributed by atoms with van der Waals surface area (Å²) in [7, 11) is -8.30. The lowest BCUT2D eigenvalue weighted by molar-refractivity contribution is 0.597. The van der Waals surface area contributed by atoms with E-state index >= 15 is 0 Å². The fraction of sp³-hybridized carbons (Fsp3) is 0.125. The highest BCUT2D eigenvalue weighted by Gasteiger charge is 2.19. The zero-order valence-electron chi connectivity index (χ0n) is 8.79. The van der Waals surface area contributed by atoms with Gasteiger partial charge in [-0.3, -0.25) is 4.72 Å². The molecule has 0 saturated heterocycles. The Balaban J connectivity index is 3.33. The van der Waals surface area contributed by atoms with E-state index < -0.39 is 42.2 Å². The van der Waals surface area contributed by atoms with Crippen molar-refractivity contribution in [1.82, 2.24) is 0 Å². The van der Waals surface area contributed by atoms with E-state index in [2.05, 4.69) is 0 Å². The van der Waals surface area contributed by atoms with Crippen LogP contribution in [0, 0.1) is 17.1 Å². The Bertz CT molecular complexity index is 706. The van der Waals surface area contributed by atoms with Crippen LogP contribution in [0.2, 0.25) is 0 Å². The molecule has 10 heteroatoms. The molecule has 0 atom stereocenters. The molecule has 0 saturated carbocycles. The monoisotopic (exact) mass is 293 g/mol. The summed E-state index contributed by atoms with van der Waals surface area (Å²) >= 11 is 0. The summed E-state index contributed by atoms with van der Waals surface area (Å²) in [4.78, 5) is -0.578. The second kappa shape index (κ2) is 4.89. The third-order valence-electron chi connectivity index (χ3n) is 1.77. The largest absolute Gasteiger partial charge is 0.281 e. The van der Waals surface area contributed by atoms with Gasteiger partial charge in [0.05, 0.1) is 11.8 Å². The van der Waals surface area contributed by atoms with Crippen LogP contribution in [0.1, 0.15) is 0 Å². The standard InChI is InChI=1S/C8H8FN3O4S2/c9-6-1-2-8(18(11,15)16)7(5-6)12-17(13,14)4-3-10/h1-2,5,12H,4H2,(H2,11,15,16). The van der Waals surface area contributed by atoms with E-state index in [0.717, 1.165) is 12.1 Å². The first kappa shape index (κ1) is 14.4. The van der Waals surface area contributed by atoms with Gasteiger partial charge < -0.3 is 0 Å². The van der Waals surface area contributed by atoms with Crippen molar-refractivity contribution in [2.24, 2.45) is 5.14 Å². The molecule has 0 aromatic heterocycles. The maximum atomic E-state index is 13.0. The first-order valence-electron chi connectivity index (χ1n) is 4.35. The molecule has 0 heterocycles. The van der Waals surface area contributed by atoms with Gasteiger partial charge in [0.15, 0.2) is 5.75 Å². The van der Waals surface area contributed by atoms with Crippen LogP contribution < -0.4 is 9.86 Å². The summed E-state index contributed by atoms with van der Waals surface area (Å²) < 4.78 is 59.7. The van der Waals surface area contributed by atoms with Crippen LogP contribution in [-0.2, 0) is 20.0 Å². The molecule has 18 heavy (non-hydrogen) atoms. The molecule has 1 rings (SSSR count). The molecule has 1 aromatic rings. The highest BCUT2D eigenvalue weighted by atomic mass is 32.2. The summed E-state index contributed by atoms with van der Waals surface area (Å²) in [5.74, 6) is -1.75. The first-order chi connectivity index (χ1) is 8.15. The number of hydrogen-bond acceptors (Lipinski definition) is 5. The Hall–Kier alpha value is -1.70. The third-order valence-corrected chi connectivity index (χ3v) is 3.78. The number of nitrogens with zero attached hydrogens (tertiary/aromatic N) is 1. The number of primary sulfonamides is 1. The molecule has 98 valence electrons. The fourth-order valence-corrected chi connectivity index (χ4v) is 2.60. The molecule has 0 aliphatic heterocycles. The Morgan fingerprint density at radius 3 is 2.44 bits per heavy atom. The maximum Gasteiger partial charge on any atom is 0.246 e. The average Bonchev–Trinajstić information content (AvgIpc) is 2.14. The Kier molecular flexibility index (Phi) is 3.90. The molecule has 1 aromatic carbocycles. The van der Waals surface area contributed by atoms with E-state index in [-0.39, 0.29) is 0 Å². The molecule has 0 bridgehead atoms. The molecule has 0 spiro atoms. The summed E-state index contributed by atoms with van der Waals surface area (Å²) in [6.07, 6.45) is 0. The minimum Gasteiger partial charge on any atom is -0.281 e. The summed E-state index contributed by atoms with van der Waals surface area (Å²) in [5.41, 5.74) is -0.534. The van der Waals surface area contributed by atoms with Gasteiger partial charge in [0.2, 0.25) is 20.0 Å².